The fourth-order valence-corrected chi connectivity index (χ4v) is 9.60. The number of aryl methyl sites for hydroxylation is 1. The Morgan fingerprint density at radius 2 is 0.923 bits per heavy atom. The molecule has 0 saturated carbocycles. The van der Waals surface area contributed by atoms with Crippen LogP contribution in [0, 0.1) is 0 Å². The van der Waals surface area contributed by atoms with E-state index in [0.717, 1.165) is 69.5 Å². The van der Waals surface area contributed by atoms with E-state index in [-0.39, 0.29) is 64.5 Å². The maximum Gasteiger partial charge on any atom is 1.00 e. The van der Waals surface area contributed by atoms with E-state index in [2.05, 4.69) is 97.0 Å². The second-order valence-electron chi connectivity index (χ2n) is 22.7. The fourth-order valence-electron chi connectivity index (χ4n) is 8.31. The Labute approximate surface area is 718 Å². The molecule has 0 aliphatic rings. The van der Waals surface area contributed by atoms with Gasteiger partial charge in [0, 0.05) is 70.3 Å². The van der Waals surface area contributed by atoms with E-state index in [4.69, 9.17) is 14.7 Å². The number of carboxylic acids is 1. The maximum atomic E-state index is 13.1. The summed E-state index contributed by atoms with van der Waals surface area (Å²) in [6, 6.07) is 44.0. The number of nitrogens with zero attached hydrogens (tertiary/aromatic N) is 7. The molecular formula is C74H79Br2ClF18IN8NaO11S. The number of imidazole rings is 4. The number of unbranched alkanes of at least 4 members (excludes halogenated alkanes) is 4. The van der Waals surface area contributed by atoms with Gasteiger partial charge in [-0.25, -0.2) is 28.4 Å². The van der Waals surface area contributed by atoms with E-state index in [1.54, 1.807) is 132 Å². The number of aldehydes is 3. The van der Waals surface area contributed by atoms with Crippen LogP contribution in [0.5, 0.6) is 0 Å². The summed E-state index contributed by atoms with van der Waals surface area (Å²) in [5.74, 6) is -4.23. The zero-order valence-electron chi connectivity index (χ0n) is 63.1. The Balaban J connectivity index is -0.00000129. The molecule has 0 radical (unpaired) electrons. The normalized spacial score (nSPS) is 11.0. The SMILES string of the molecule is CC(=O)[O-].CCCCI.CCCCn1c(-c2ccccc2)nc(C(F)(F)F)c1C=O.CCCCn1c(-c2ccccc2)nc(C(F)(F)F)c1CO.CCCCn1cc(C(F)(F)F)nc1-c1ccccc1.CS(=O)(=O)Cl.FC(F)(F)c1cnc(-c2ccccc2)[nH]1.O.O=C(C(Br)Br)C(F)(F)F.O=CC(=O)C(F)(F)F.O=Cc1ccccc1.[Na+]. The summed E-state index contributed by atoms with van der Waals surface area (Å²) < 4.78 is 243. The van der Waals surface area contributed by atoms with Crippen molar-refractivity contribution >= 4 is 111 Å². The number of rotatable bonds is 20. The first-order valence-electron chi connectivity index (χ1n) is 33.5. The van der Waals surface area contributed by atoms with E-state index in [9.17, 15) is 112 Å². The zero-order valence-corrected chi connectivity index (χ0v) is 72.0. The van der Waals surface area contributed by atoms with Crippen molar-refractivity contribution in [1.82, 2.24) is 38.6 Å². The Bertz CT molecular complexity index is 4420. The number of aromatic nitrogens is 8. The smallest absolute Gasteiger partial charge is 0.550 e. The minimum atomic E-state index is -5.00. The van der Waals surface area contributed by atoms with Crippen molar-refractivity contribution in [3.8, 4) is 45.6 Å². The van der Waals surface area contributed by atoms with Crippen LogP contribution in [-0.2, 0) is 79.2 Å². The van der Waals surface area contributed by atoms with E-state index >= 15 is 0 Å². The molecule has 0 aliphatic heterocycles. The van der Waals surface area contributed by atoms with Crippen LogP contribution in [0.15, 0.2) is 164 Å². The van der Waals surface area contributed by atoms with Crippen LogP contribution >= 0.6 is 65.1 Å². The molecule has 0 fully saturated rings. The number of hydrogen-bond donors (Lipinski definition) is 2. The van der Waals surface area contributed by atoms with Gasteiger partial charge in [-0.3, -0.25) is 24.0 Å². The van der Waals surface area contributed by atoms with Gasteiger partial charge < -0.3 is 39.2 Å². The van der Waals surface area contributed by atoms with Gasteiger partial charge in [-0.2, -0.15) is 79.0 Å². The minimum Gasteiger partial charge on any atom is -0.550 e. The van der Waals surface area contributed by atoms with Gasteiger partial charge in [0.15, 0.2) is 29.7 Å². The number of nitrogens with one attached hydrogen (secondary N) is 1. The maximum absolute atomic E-state index is 13.1. The molecule has 0 atom stereocenters. The van der Waals surface area contributed by atoms with Crippen LogP contribution in [0.25, 0.3) is 45.6 Å². The van der Waals surface area contributed by atoms with Gasteiger partial charge >= 0.3 is 66.6 Å². The molecule has 5 aromatic carbocycles. The molecule has 43 heteroatoms. The van der Waals surface area contributed by atoms with Crippen molar-refractivity contribution in [3.05, 3.63) is 204 Å². The van der Waals surface area contributed by atoms with Crippen LogP contribution in [0.4, 0.5) is 79.0 Å². The Morgan fingerprint density at radius 1 is 0.556 bits per heavy atom. The standard InChI is InChI=1S/C15H17F3N2O.C15H15F3N2O.C14H15F3N2.C10H7F3N2.C7H6O.C4H9I.C3HBr2F3O.C3HF3O2.C2H4O2.CH3ClO2S.Na.H2O/c2*1-2-3-9-20-12(10-21)13(15(16,17)18)19-14(20)11-7-5-4-6-8-11;1-2-3-9-19-10-12(14(15,16)17)18-13(19)11-7-5-4-6-8-11;11-10(12,13)8-6-14-9(15-8)7-4-2-1-3-5-7;8-6-7-4-2-1-3-5-7;1-2-3-4-5;4-2(5)1(9)3(6,7)8;4-3(5,6)2(8)1-7;1-2(3)4;1-5(2,3)4;;/h4-8,21H,2-3,9-10H2,1H3;4-8,10H,2-3,9H2,1H3;4-8,10H,2-3,9H2,1H3;1-6H,(H,14,15);1-6H;2-4H2,1H3;2H;1H;1H3,(H,3,4);1H3;;1H2/q;;;;;;;;;;+1;/p-1. The van der Waals surface area contributed by atoms with Gasteiger partial charge in [0.1, 0.15) is 44.7 Å². The average Bonchev–Trinajstić information content (AvgIpc) is 1.64. The molecule has 642 valence electrons. The summed E-state index contributed by atoms with van der Waals surface area (Å²) in [4.78, 5) is 75.5. The summed E-state index contributed by atoms with van der Waals surface area (Å²) in [5, 5.41) is 18.3. The van der Waals surface area contributed by atoms with Crippen LogP contribution < -0.4 is 34.7 Å². The van der Waals surface area contributed by atoms with Crippen molar-refractivity contribution < 1.29 is 161 Å². The molecule has 0 saturated heterocycles. The molecule has 117 heavy (non-hydrogen) atoms. The molecular weight excluding hydrogens is 1900 g/mol. The predicted molar refractivity (Wildman–Crippen MR) is 414 cm³/mol. The number of halogens is 22. The van der Waals surface area contributed by atoms with Gasteiger partial charge in [-0.1, -0.05) is 259 Å². The van der Waals surface area contributed by atoms with E-state index < -0.39 is 109 Å². The number of aliphatic carboxylic acids is 1. The Hall–Kier alpha value is -7.65. The number of H-pyrrole nitrogens is 1. The molecule has 0 amide bonds. The number of carbonyl (C=O) groups excluding carboxylic acids is 6. The topological polar surface area (TPSA) is 293 Å². The third kappa shape index (κ3) is 45.9. The Morgan fingerprint density at radius 3 is 1.21 bits per heavy atom. The molecule has 4 N–H and O–H groups in total. The van der Waals surface area contributed by atoms with Crippen LogP contribution in [0.2, 0.25) is 0 Å². The van der Waals surface area contributed by atoms with Gasteiger partial charge in [0.25, 0.3) is 11.6 Å². The quantitative estimate of drug-likeness (QED) is 0.0136. The zero-order chi connectivity index (χ0) is 88.1. The number of carbonyl (C=O) groups is 6. The first kappa shape index (κ1) is 114. The number of aliphatic hydroxyl groups is 1. The largest absolute Gasteiger partial charge is 1.00 e. The summed E-state index contributed by atoms with van der Waals surface area (Å²) in [6.07, 6.45) is -17.1. The Kier molecular flexibility index (Phi) is 55.0. The molecule has 19 nitrogen and oxygen atoms in total. The van der Waals surface area contributed by atoms with Crippen LogP contribution in [-0.4, -0.2) is 121 Å². The second kappa shape index (κ2) is 56.7. The van der Waals surface area contributed by atoms with Gasteiger partial charge in [0.2, 0.25) is 9.05 Å². The van der Waals surface area contributed by atoms with Crippen molar-refractivity contribution in [1.29, 1.82) is 0 Å². The first-order chi connectivity index (χ1) is 53.5. The van der Waals surface area contributed by atoms with Crippen molar-refractivity contribution in [2.45, 2.75) is 153 Å². The molecule has 9 rings (SSSR count). The van der Waals surface area contributed by atoms with Crippen LogP contribution in [0.1, 0.15) is 135 Å². The molecule has 0 spiro atoms. The summed E-state index contributed by atoms with van der Waals surface area (Å²) >= 11 is 7.23. The van der Waals surface area contributed by atoms with Crippen molar-refractivity contribution in [3.63, 3.8) is 0 Å². The number of aromatic amines is 1. The fraction of sp³-hybridized carbons (Fsp3) is 0.351. The molecule has 0 bridgehead atoms. The number of aliphatic hydroxyl groups excluding tert-OH is 1. The molecule has 9 aromatic rings. The molecule has 0 aliphatic carbocycles. The van der Waals surface area contributed by atoms with Crippen molar-refractivity contribution in [2.75, 3.05) is 10.7 Å². The summed E-state index contributed by atoms with van der Waals surface area (Å²) in [7, 11) is 1.31. The van der Waals surface area contributed by atoms with E-state index in [1.807, 2.05) is 45.0 Å². The molecule has 4 heterocycles. The third-order valence-electron chi connectivity index (χ3n) is 13.5. The number of ketones is 2. The number of alkyl halides is 21. The summed E-state index contributed by atoms with van der Waals surface area (Å²) in [6.45, 7) is 9.68. The number of benzene rings is 5. The summed E-state index contributed by atoms with van der Waals surface area (Å²) in [5.41, 5.74) is -1.12. The average molecular weight is 1980 g/mol. The number of carboxylic acid groups (broad SMARTS) is 1. The van der Waals surface area contributed by atoms with Gasteiger partial charge in [0.05, 0.1) is 24.8 Å². The molecule has 0 unspecified atom stereocenters. The number of Topliss-reactive ketones (excluding diaryl/α,β-unsaturated/α-hetero) is 2. The van der Waals surface area contributed by atoms with Crippen molar-refractivity contribution in [2.24, 2.45) is 0 Å². The second-order valence-corrected chi connectivity index (χ2v) is 29.9. The van der Waals surface area contributed by atoms with Gasteiger partial charge in [-0.05, 0) is 37.0 Å². The van der Waals surface area contributed by atoms with E-state index in [0.29, 0.717) is 54.1 Å². The molecule has 4 aromatic heterocycles. The third-order valence-corrected chi connectivity index (χ3v) is 15.1. The first-order valence-corrected chi connectivity index (χ1v) is 39.5. The monoisotopic (exact) mass is 1970 g/mol. The van der Waals surface area contributed by atoms with Crippen LogP contribution in [0.3, 0.4) is 0 Å². The number of hydrogen-bond acceptors (Lipinski definition) is 14. The predicted octanol–water partition coefficient (Wildman–Crippen LogP) is 16.9. The minimum absolute atomic E-state index is 0. The van der Waals surface area contributed by atoms with Gasteiger partial charge in [-0.15, -0.1) is 0 Å². The van der Waals surface area contributed by atoms with E-state index in [1.165, 1.54) is 26.4 Å².